The molecule has 10 rings (SSSR count). The Kier molecular flexibility index (Phi) is 26.3. The summed E-state index contributed by atoms with van der Waals surface area (Å²) in [6, 6.07) is 0. The number of nitrogens with one attached hydrogen (secondary N) is 3. The predicted molar refractivity (Wildman–Crippen MR) is 382 cm³/mol. The van der Waals surface area contributed by atoms with Gasteiger partial charge in [-0.3, -0.25) is 0 Å². The number of aliphatic hydroxyl groups excluding tert-OH is 3. The minimum atomic E-state index is -0.622. The van der Waals surface area contributed by atoms with Gasteiger partial charge in [0.2, 0.25) is 71.4 Å². The third-order valence-corrected chi connectivity index (χ3v) is 16.9. The lowest BCUT2D eigenvalue weighted by atomic mass is 10.2. The number of carbonyl (C=O) groups excluding carboxylic acids is 3. The van der Waals surface area contributed by atoms with Gasteiger partial charge in [-0.05, 0) is 62.3 Å². The van der Waals surface area contributed by atoms with Gasteiger partial charge in [0, 0.05) is 177 Å². The van der Waals surface area contributed by atoms with Crippen LogP contribution in [0.15, 0.2) is 0 Å². The SMILES string of the molecule is CC(C)(C)OC(=O)N1CCN(c2nc(NCCOCCO)nc(N3CCN(c4nc(N5CCN(c6nc(NCCOCCO)nc(N7CCN(C(=O)OC(C)(C)C)CC7)n6)CC5)nc(N5CCN(c6nc(NCCOCCO)nc(N7CCN(C(=O)OC(C)(C)C)CC7)n6)CC5)n4)CC3)n2)CC1. The molecule has 0 aliphatic carbocycles. The number of nitrogens with zero attached hydrogens (tertiary/aromatic N) is 24. The van der Waals surface area contributed by atoms with Crippen LogP contribution in [0.1, 0.15) is 62.3 Å². The summed E-state index contributed by atoms with van der Waals surface area (Å²) in [6.45, 7) is 30.9. The van der Waals surface area contributed by atoms with Crippen molar-refractivity contribution >= 4 is 89.7 Å². The molecule has 0 saturated carbocycles. The molecule has 0 aromatic carbocycles. The smallest absolute Gasteiger partial charge is 0.410 e. The number of aromatic nitrogens is 12. The number of rotatable bonds is 27. The van der Waals surface area contributed by atoms with Crippen LogP contribution in [0.5, 0.6) is 0 Å². The van der Waals surface area contributed by atoms with Crippen LogP contribution < -0.4 is 60.0 Å². The molecule has 4 aromatic heterocycles. The van der Waals surface area contributed by atoms with Gasteiger partial charge < -0.3 is 118 Å². The van der Waals surface area contributed by atoms with Gasteiger partial charge in [0.05, 0.1) is 59.5 Å². The van der Waals surface area contributed by atoms with Crippen molar-refractivity contribution < 1.29 is 58.1 Å². The summed E-state index contributed by atoms with van der Waals surface area (Å²) < 4.78 is 33.6. The Morgan fingerprint density at radius 3 is 0.618 bits per heavy atom. The topological polar surface area (TPSA) is 397 Å². The molecule has 39 heteroatoms. The Labute approximate surface area is 595 Å². The number of piperazine rings is 6. The maximum atomic E-state index is 13.0. The second-order valence-corrected chi connectivity index (χ2v) is 28.1. The zero-order chi connectivity index (χ0) is 72.4. The molecular formula is C63H105N27O12. The van der Waals surface area contributed by atoms with Crippen molar-refractivity contribution in [3.63, 3.8) is 0 Å². The van der Waals surface area contributed by atoms with Crippen molar-refractivity contribution in [2.45, 2.75) is 79.1 Å². The lowest BCUT2D eigenvalue weighted by Gasteiger charge is -2.39. The highest BCUT2D eigenvalue weighted by Crippen LogP contribution is 2.29. The number of hydrogen-bond donors (Lipinski definition) is 6. The first-order valence-corrected chi connectivity index (χ1v) is 35.5. The van der Waals surface area contributed by atoms with Gasteiger partial charge in [-0.15, -0.1) is 0 Å². The zero-order valence-corrected chi connectivity index (χ0v) is 60.7. The van der Waals surface area contributed by atoms with Crippen molar-refractivity contribution in [1.82, 2.24) is 74.5 Å². The molecule has 3 amide bonds. The lowest BCUT2D eigenvalue weighted by Crippen LogP contribution is -2.51. The highest BCUT2D eigenvalue weighted by Gasteiger charge is 2.35. The average Bonchev–Trinajstić information content (AvgIpc) is 0.793. The summed E-state index contributed by atoms with van der Waals surface area (Å²) in [7, 11) is 0. The maximum Gasteiger partial charge on any atom is 0.410 e. The van der Waals surface area contributed by atoms with Gasteiger partial charge in [0.25, 0.3) is 0 Å². The lowest BCUT2D eigenvalue weighted by molar-refractivity contribution is 0.0229. The van der Waals surface area contributed by atoms with E-state index in [0.717, 1.165) is 0 Å². The van der Waals surface area contributed by atoms with E-state index in [9.17, 15) is 29.7 Å². The van der Waals surface area contributed by atoms with Crippen molar-refractivity contribution in [2.24, 2.45) is 0 Å². The van der Waals surface area contributed by atoms with E-state index in [-0.39, 0.29) is 57.9 Å². The standard InChI is InChI=1S/C63H105N27O12/c1-61(2,3)100-58(94)88-31-25-82(26-32-88)52-70-46(64-10-40-97-43-37-91)67-49(73-52)79-13-19-85(20-14-79)55-76-56(86-21-15-80(16-22-86)50-68-47(65-11-41-98-44-38-92)71-53(74-50)83-27-33-89(34-28-83)59(95)101-62(4,5)6)78-57(77-55)87-23-17-81(18-24-87)51-69-48(66-12-42-99-45-39-93)72-54(75-51)84-29-35-90(36-30-84)60(96)102-63(7,8)9/h91-93H,10-45H2,1-9H3,(H,64,67,70,73)(H,65,68,71,74)(H,66,69,72,75). The fourth-order valence-electron chi connectivity index (χ4n) is 11.7. The van der Waals surface area contributed by atoms with Crippen LogP contribution in [0.25, 0.3) is 0 Å². The summed E-state index contributed by atoms with van der Waals surface area (Å²) in [5.74, 6) is 5.57. The van der Waals surface area contributed by atoms with E-state index in [1.54, 1.807) is 14.7 Å². The highest BCUT2D eigenvalue weighted by atomic mass is 16.6. The average molecular weight is 1430 g/mol. The number of carbonyl (C=O) groups is 3. The predicted octanol–water partition coefficient (Wildman–Crippen LogP) is -0.160. The second kappa shape index (κ2) is 35.4. The van der Waals surface area contributed by atoms with Gasteiger partial charge in [-0.2, -0.15) is 59.8 Å². The molecule has 0 spiro atoms. The van der Waals surface area contributed by atoms with E-state index in [1.807, 2.05) is 77.0 Å². The van der Waals surface area contributed by atoms with Crippen LogP contribution in [-0.2, 0) is 28.4 Å². The van der Waals surface area contributed by atoms with Gasteiger partial charge in [-0.1, -0.05) is 0 Å². The first kappa shape index (κ1) is 75.9. The molecule has 102 heavy (non-hydrogen) atoms. The molecule has 6 N–H and O–H groups in total. The van der Waals surface area contributed by atoms with Crippen LogP contribution in [0.3, 0.4) is 0 Å². The third-order valence-electron chi connectivity index (χ3n) is 16.9. The fourth-order valence-corrected chi connectivity index (χ4v) is 11.7. The summed E-state index contributed by atoms with van der Waals surface area (Å²) in [5, 5.41) is 37.8. The largest absolute Gasteiger partial charge is 0.444 e. The van der Waals surface area contributed by atoms with Crippen LogP contribution >= 0.6 is 0 Å². The van der Waals surface area contributed by atoms with Gasteiger partial charge >= 0.3 is 18.3 Å². The summed E-state index contributed by atoms with van der Waals surface area (Å²) >= 11 is 0. The molecule has 6 fully saturated rings. The van der Waals surface area contributed by atoms with E-state index in [2.05, 4.69) is 45.3 Å². The highest BCUT2D eigenvalue weighted by molar-refractivity contribution is 5.70. The Bertz CT molecular complexity index is 2970. The number of aliphatic hydroxyl groups is 3. The molecule has 0 atom stereocenters. The second-order valence-electron chi connectivity index (χ2n) is 28.1. The number of hydrogen-bond acceptors (Lipinski definition) is 36. The van der Waals surface area contributed by atoms with Gasteiger partial charge in [0.15, 0.2) is 0 Å². The molecule has 0 unspecified atom stereocenters. The van der Waals surface area contributed by atoms with Crippen molar-refractivity contribution in [3.05, 3.63) is 0 Å². The van der Waals surface area contributed by atoms with Crippen molar-refractivity contribution in [1.29, 1.82) is 0 Å². The van der Waals surface area contributed by atoms with Crippen LogP contribution in [0, 0.1) is 0 Å². The quantitative estimate of drug-likeness (QED) is 0.0334. The van der Waals surface area contributed by atoms with E-state index >= 15 is 0 Å². The minimum absolute atomic E-state index is 0.0879. The molecule has 39 nitrogen and oxygen atoms in total. The molecule has 0 radical (unpaired) electrons. The van der Waals surface area contributed by atoms with Crippen LogP contribution in [-0.4, -0.2) is 361 Å². The van der Waals surface area contributed by atoms with Crippen LogP contribution in [0.2, 0.25) is 0 Å². The molecule has 6 aliphatic heterocycles. The molecular weight excluding hydrogens is 1330 g/mol. The Morgan fingerprint density at radius 2 is 0.451 bits per heavy atom. The number of anilines is 12. The van der Waals surface area contributed by atoms with E-state index < -0.39 is 16.8 Å². The first-order valence-electron chi connectivity index (χ1n) is 35.5. The van der Waals surface area contributed by atoms with E-state index in [4.69, 9.17) is 88.2 Å². The summed E-state index contributed by atoms with van der Waals surface area (Å²) in [4.78, 5) is 123. The Balaban J connectivity index is 0.881. The van der Waals surface area contributed by atoms with Crippen molar-refractivity contribution in [3.8, 4) is 0 Å². The molecule has 0 bridgehead atoms. The maximum absolute atomic E-state index is 13.0. The molecule has 6 aliphatic rings. The van der Waals surface area contributed by atoms with E-state index in [0.29, 0.717) is 268 Å². The Morgan fingerprint density at radius 1 is 0.284 bits per heavy atom. The fraction of sp³-hybridized carbons (Fsp3) is 0.762. The molecule has 6 saturated heterocycles. The Hall–Kier alpha value is -8.79. The van der Waals surface area contributed by atoms with E-state index in [1.165, 1.54) is 0 Å². The molecule has 4 aromatic rings. The molecule has 10 heterocycles. The zero-order valence-electron chi connectivity index (χ0n) is 60.7. The van der Waals surface area contributed by atoms with Crippen LogP contribution in [0.4, 0.5) is 85.8 Å². The minimum Gasteiger partial charge on any atom is -0.444 e. The number of ether oxygens (including phenoxy) is 6. The third kappa shape index (κ3) is 22.1. The summed E-state index contributed by atoms with van der Waals surface area (Å²) in [5.41, 5.74) is -1.87. The van der Waals surface area contributed by atoms with Crippen molar-refractivity contribution in [2.75, 3.05) is 296 Å². The summed E-state index contributed by atoms with van der Waals surface area (Å²) in [6.07, 6.45) is -1.08. The number of amides is 3. The molecule has 564 valence electrons. The normalized spacial score (nSPS) is 17.5. The van der Waals surface area contributed by atoms with Gasteiger partial charge in [0.1, 0.15) is 16.8 Å². The first-order chi connectivity index (χ1) is 49.0. The van der Waals surface area contributed by atoms with Gasteiger partial charge in [-0.25, -0.2) is 14.4 Å². The monoisotopic (exact) mass is 1430 g/mol.